The van der Waals surface area contributed by atoms with Crippen LogP contribution in [0.5, 0.6) is 0 Å². The zero-order valence-corrected chi connectivity index (χ0v) is 7.43. The number of anilines is 1. The summed E-state index contributed by atoms with van der Waals surface area (Å²) in [7, 11) is 1.73. The number of aryl methyl sites for hydroxylation is 1. The summed E-state index contributed by atoms with van der Waals surface area (Å²) in [6.07, 6.45) is 2.95. The van der Waals surface area contributed by atoms with Crippen molar-refractivity contribution in [1.82, 2.24) is 25.2 Å². The molecule has 2 heterocycles. The van der Waals surface area contributed by atoms with Gasteiger partial charge in [0.05, 0.1) is 12.4 Å². The van der Waals surface area contributed by atoms with Gasteiger partial charge in [-0.25, -0.2) is 0 Å². The maximum atomic E-state index is 11.5. The summed E-state index contributed by atoms with van der Waals surface area (Å²) in [6.45, 7) is 0. The molecule has 2 aromatic heterocycles. The largest absolute Gasteiger partial charge is 0.305 e. The Kier molecular flexibility index (Phi) is 1.98. The fraction of sp³-hybridized carbons (Fsp3) is 0.143. The number of aromatic amines is 1. The van der Waals surface area contributed by atoms with E-state index in [2.05, 4.69) is 25.8 Å². The monoisotopic (exact) mass is 192 g/mol. The Balaban J connectivity index is 2.13. The van der Waals surface area contributed by atoms with Gasteiger partial charge in [0.15, 0.2) is 5.69 Å². The number of rotatable bonds is 2. The molecular formula is C7H8N6O. The molecule has 0 aromatic carbocycles. The molecule has 0 unspecified atom stereocenters. The Morgan fingerprint density at radius 3 is 3.07 bits per heavy atom. The molecule has 2 aromatic rings. The molecular weight excluding hydrogens is 184 g/mol. The summed E-state index contributed by atoms with van der Waals surface area (Å²) in [5.41, 5.74) is 0.242. The first-order valence-corrected chi connectivity index (χ1v) is 3.92. The van der Waals surface area contributed by atoms with Gasteiger partial charge >= 0.3 is 0 Å². The normalized spacial score (nSPS) is 10.1. The highest BCUT2D eigenvalue weighted by Gasteiger charge is 2.09. The van der Waals surface area contributed by atoms with Gasteiger partial charge in [0.2, 0.25) is 0 Å². The van der Waals surface area contributed by atoms with Crippen LogP contribution in [0, 0.1) is 0 Å². The van der Waals surface area contributed by atoms with Crippen LogP contribution in [0.3, 0.4) is 0 Å². The number of nitrogens with zero attached hydrogens (tertiary/aromatic N) is 4. The second kappa shape index (κ2) is 3.29. The van der Waals surface area contributed by atoms with E-state index in [-0.39, 0.29) is 11.6 Å². The number of carbonyl (C=O) groups excluding carboxylic acids is 1. The van der Waals surface area contributed by atoms with E-state index in [0.717, 1.165) is 0 Å². The van der Waals surface area contributed by atoms with E-state index in [0.29, 0.717) is 5.82 Å². The van der Waals surface area contributed by atoms with Crippen LogP contribution in [0.1, 0.15) is 10.5 Å². The molecule has 0 aliphatic carbocycles. The minimum atomic E-state index is -0.317. The van der Waals surface area contributed by atoms with Crippen molar-refractivity contribution in [1.29, 1.82) is 0 Å². The lowest BCUT2D eigenvalue weighted by Crippen LogP contribution is -2.14. The number of nitrogens with one attached hydrogen (secondary N) is 2. The summed E-state index contributed by atoms with van der Waals surface area (Å²) < 4.78 is 1.55. The van der Waals surface area contributed by atoms with Crippen molar-refractivity contribution in [2.75, 3.05) is 5.32 Å². The first-order chi connectivity index (χ1) is 6.77. The molecule has 14 heavy (non-hydrogen) atoms. The summed E-state index contributed by atoms with van der Waals surface area (Å²) in [4.78, 5) is 11.5. The first-order valence-electron chi connectivity index (χ1n) is 3.92. The molecule has 7 nitrogen and oxygen atoms in total. The van der Waals surface area contributed by atoms with Gasteiger partial charge in [-0.2, -0.15) is 20.5 Å². The molecule has 1 amide bonds. The second-order valence-corrected chi connectivity index (χ2v) is 2.65. The van der Waals surface area contributed by atoms with Crippen LogP contribution in [0.25, 0.3) is 0 Å². The van der Waals surface area contributed by atoms with E-state index < -0.39 is 0 Å². The van der Waals surface area contributed by atoms with Crippen molar-refractivity contribution in [2.45, 2.75) is 0 Å². The topological polar surface area (TPSA) is 88.5 Å². The molecule has 2 rings (SSSR count). The van der Waals surface area contributed by atoms with Gasteiger partial charge in [-0.05, 0) is 0 Å². The van der Waals surface area contributed by atoms with Gasteiger partial charge in [-0.3, -0.25) is 9.48 Å². The van der Waals surface area contributed by atoms with Crippen molar-refractivity contribution >= 4 is 11.7 Å². The summed E-state index contributed by atoms with van der Waals surface area (Å²) in [6, 6.07) is 1.69. The molecule has 0 radical (unpaired) electrons. The smallest absolute Gasteiger partial charge is 0.278 e. The molecule has 0 spiro atoms. The minimum absolute atomic E-state index is 0.242. The van der Waals surface area contributed by atoms with Crippen LogP contribution < -0.4 is 5.32 Å². The average molecular weight is 192 g/mol. The molecule has 0 saturated carbocycles. The third kappa shape index (κ3) is 1.47. The van der Waals surface area contributed by atoms with E-state index in [4.69, 9.17) is 0 Å². The third-order valence-electron chi connectivity index (χ3n) is 1.71. The molecule has 0 atom stereocenters. The maximum absolute atomic E-state index is 11.5. The lowest BCUT2D eigenvalue weighted by atomic mass is 10.4. The van der Waals surface area contributed by atoms with Gasteiger partial charge in [0.1, 0.15) is 5.82 Å². The summed E-state index contributed by atoms with van der Waals surface area (Å²) in [5.74, 6) is 0.292. The van der Waals surface area contributed by atoms with E-state index in [1.54, 1.807) is 24.0 Å². The van der Waals surface area contributed by atoms with Gasteiger partial charge in [-0.15, -0.1) is 0 Å². The highest BCUT2D eigenvalue weighted by atomic mass is 16.2. The molecule has 0 fully saturated rings. The lowest BCUT2D eigenvalue weighted by Gasteiger charge is -2.01. The molecule has 0 saturated heterocycles. The Bertz CT molecular complexity index is 431. The van der Waals surface area contributed by atoms with E-state index >= 15 is 0 Å². The summed E-state index contributed by atoms with van der Waals surface area (Å²) >= 11 is 0. The van der Waals surface area contributed by atoms with Crippen molar-refractivity contribution in [3.05, 3.63) is 24.2 Å². The van der Waals surface area contributed by atoms with Gasteiger partial charge in [0.25, 0.3) is 5.91 Å². The molecule has 7 heteroatoms. The number of H-pyrrole nitrogens is 1. The highest BCUT2D eigenvalue weighted by Crippen LogP contribution is 2.04. The van der Waals surface area contributed by atoms with Gasteiger partial charge < -0.3 is 5.32 Å². The van der Waals surface area contributed by atoms with Crippen molar-refractivity contribution < 1.29 is 4.79 Å². The van der Waals surface area contributed by atoms with Crippen LogP contribution >= 0.6 is 0 Å². The van der Waals surface area contributed by atoms with Crippen molar-refractivity contribution in [3.8, 4) is 0 Å². The number of hydrogen-bond acceptors (Lipinski definition) is 4. The van der Waals surface area contributed by atoms with Crippen LogP contribution in [-0.2, 0) is 7.05 Å². The van der Waals surface area contributed by atoms with E-state index in [9.17, 15) is 4.79 Å². The molecule has 72 valence electrons. The molecule has 0 bridgehead atoms. The van der Waals surface area contributed by atoms with Crippen LogP contribution in [0.4, 0.5) is 5.82 Å². The summed E-state index contributed by atoms with van der Waals surface area (Å²) in [5, 5.41) is 16.1. The second-order valence-electron chi connectivity index (χ2n) is 2.65. The quantitative estimate of drug-likeness (QED) is 0.689. The number of carbonyl (C=O) groups is 1. The molecule has 0 aliphatic rings. The van der Waals surface area contributed by atoms with Gasteiger partial charge in [-0.1, -0.05) is 0 Å². The predicted octanol–water partition coefficient (Wildman–Crippen LogP) is -0.210. The Hall–Kier alpha value is -2.18. The number of amides is 1. The molecule has 0 aliphatic heterocycles. The van der Waals surface area contributed by atoms with Crippen LogP contribution in [-0.4, -0.2) is 31.1 Å². The lowest BCUT2D eigenvalue weighted by molar-refractivity contribution is 0.102. The Morgan fingerprint density at radius 1 is 1.64 bits per heavy atom. The predicted molar refractivity (Wildman–Crippen MR) is 47.5 cm³/mol. The Morgan fingerprint density at radius 2 is 2.50 bits per heavy atom. The fourth-order valence-corrected chi connectivity index (χ4v) is 0.988. The van der Waals surface area contributed by atoms with E-state index in [1.807, 2.05) is 0 Å². The fourth-order valence-electron chi connectivity index (χ4n) is 0.988. The SMILES string of the molecule is Cn1nccc1NC(=O)c1cn[nH]n1. The van der Waals surface area contributed by atoms with Crippen LogP contribution in [0.2, 0.25) is 0 Å². The van der Waals surface area contributed by atoms with Crippen molar-refractivity contribution in [2.24, 2.45) is 7.05 Å². The van der Waals surface area contributed by atoms with E-state index in [1.165, 1.54) is 6.20 Å². The maximum Gasteiger partial charge on any atom is 0.278 e. The van der Waals surface area contributed by atoms with Gasteiger partial charge in [0, 0.05) is 13.1 Å². The standard InChI is InChI=1S/C7H8N6O/c1-13-6(2-3-9-13)10-7(14)5-4-8-12-11-5/h2-4H,1H3,(H,10,14)(H,8,11,12). The number of hydrogen-bond donors (Lipinski definition) is 2. The zero-order chi connectivity index (χ0) is 9.97. The molecule has 2 N–H and O–H groups in total. The third-order valence-corrected chi connectivity index (χ3v) is 1.71. The van der Waals surface area contributed by atoms with Crippen molar-refractivity contribution in [3.63, 3.8) is 0 Å². The zero-order valence-electron chi connectivity index (χ0n) is 7.43. The van der Waals surface area contributed by atoms with Crippen LogP contribution in [0.15, 0.2) is 18.5 Å². The Labute approximate surface area is 79.1 Å². The average Bonchev–Trinajstić information content (AvgIpc) is 2.77. The highest BCUT2D eigenvalue weighted by molar-refractivity contribution is 6.02. The number of aromatic nitrogens is 5. The first kappa shape index (κ1) is 8.42. The minimum Gasteiger partial charge on any atom is -0.305 e.